The minimum Gasteiger partial charge on any atom is -0.314 e. The van der Waals surface area contributed by atoms with Crippen LogP contribution in [-0.2, 0) is 6.42 Å². The molecular formula is C15H21F2N. The standard InChI is InChI=1S/C15H21F2N/c1-3-18-14-8-7-11(10(14)2)9-12-5-4-6-13(16)15(12)17/h4-6,10-11,14,18H,3,7-9H2,1-2H3. The van der Waals surface area contributed by atoms with Gasteiger partial charge in [-0.25, -0.2) is 8.78 Å². The molecule has 1 saturated carbocycles. The van der Waals surface area contributed by atoms with Crippen molar-refractivity contribution in [3.8, 4) is 0 Å². The molecule has 0 spiro atoms. The zero-order valence-corrected chi connectivity index (χ0v) is 11.0. The minimum atomic E-state index is -0.735. The van der Waals surface area contributed by atoms with Crippen molar-refractivity contribution in [2.75, 3.05) is 6.54 Å². The van der Waals surface area contributed by atoms with Crippen molar-refractivity contribution >= 4 is 0 Å². The van der Waals surface area contributed by atoms with Crippen LogP contribution in [0.2, 0.25) is 0 Å². The van der Waals surface area contributed by atoms with Crippen molar-refractivity contribution < 1.29 is 8.78 Å². The fraction of sp³-hybridized carbons (Fsp3) is 0.600. The predicted molar refractivity (Wildman–Crippen MR) is 69.4 cm³/mol. The van der Waals surface area contributed by atoms with Gasteiger partial charge in [-0.05, 0) is 49.3 Å². The average molecular weight is 253 g/mol. The lowest BCUT2D eigenvalue weighted by molar-refractivity contribution is 0.350. The van der Waals surface area contributed by atoms with Gasteiger partial charge in [-0.3, -0.25) is 0 Å². The number of benzene rings is 1. The first-order valence-electron chi connectivity index (χ1n) is 6.79. The van der Waals surface area contributed by atoms with Crippen LogP contribution >= 0.6 is 0 Å². The van der Waals surface area contributed by atoms with E-state index in [1.54, 1.807) is 12.1 Å². The first-order valence-corrected chi connectivity index (χ1v) is 6.79. The van der Waals surface area contributed by atoms with Gasteiger partial charge in [0.15, 0.2) is 11.6 Å². The second kappa shape index (κ2) is 5.79. The summed E-state index contributed by atoms with van der Waals surface area (Å²) < 4.78 is 26.8. The highest BCUT2D eigenvalue weighted by molar-refractivity contribution is 5.20. The van der Waals surface area contributed by atoms with E-state index in [0.29, 0.717) is 29.9 Å². The molecule has 1 aliphatic carbocycles. The topological polar surface area (TPSA) is 12.0 Å². The smallest absolute Gasteiger partial charge is 0.162 e. The van der Waals surface area contributed by atoms with Crippen molar-refractivity contribution in [1.29, 1.82) is 0 Å². The third-order valence-corrected chi connectivity index (χ3v) is 4.21. The van der Waals surface area contributed by atoms with E-state index < -0.39 is 11.6 Å². The molecular weight excluding hydrogens is 232 g/mol. The fourth-order valence-electron chi connectivity index (χ4n) is 3.07. The monoisotopic (exact) mass is 253 g/mol. The van der Waals surface area contributed by atoms with Gasteiger partial charge in [-0.15, -0.1) is 0 Å². The Kier molecular flexibility index (Phi) is 4.33. The zero-order valence-electron chi connectivity index (χ0n) is 11.0. The Hall–Kier alpha value is -0.960. The van der Waals surface area contributed by atoms with Crippen LogP contribution in [0.1, 0.15) is 32.3 Å². The summed E-state index contributed by atoms with van der Waals surface area (Å²) in [6.07, 6.45) is 2.87. The first-order chi connectivity index (χ1) is 8.63. The summed E-state index contributed by atoms with van der Waals surface area (Å²) in [6.45, 7) is 5.28. The third kappa shape index (κ3) is 2.72. The van der Waals surface area contributed by atoms with E-state index in [2.05, 4.69) is 19.2 Å². The lowest BCUT2D eigenvalue weighted by Gasteiger charge is -2.21. The lowest BCUT2D eigenvalue weighted by Crippen LogP contribution is -2.32. The minimum absolute atomic E-state index is 0.449. The molecule has 0 radical (unpaired) electrons. The van der Waals surface area contributed by atoms with E-state index in [1.807, 2.05) is 0 Å². The van der Waals surface area contributed by atoms with Crippen LogP contribution in [0.15, 0.2) is 18.2 Å². The molecule has 2 rings (SSSR count). The highest BCUT2D eigenvalue weighted by Crippen LogP contribution is 2.34. The maximum absolute atomic E-state index is 13.6. The molecule has 3 heteroatoms. The molecule has 0 bridgehead atoms. The molecule has 1 N–H and O–H groups in total. The number of hydrogen-bond donors (Lipinski definition) is 1. The molecule has 0 heterocycles. The van der Waals surface area contributed by atoms with Gasteiger partial charge in [-0.2, -0.15) is 0 Å². The molecule has 1 aromatic carbocycles. The second-order valence-corrected chi connectivity index (χ2v) is 5.28. The quantitative estimate of drug-likeness (QED) is 0.865. The van der Waals surface area contributed by atoms with Gasteiger partial charge in [-0.1, -0.05) is 26.0 Å². The van der Waals surface area contributed by atoms with Crippen LogP contribution in [-0.4, -0.2) is 12.6 Å². The van der Waals surface area contributed by atoms with E-state index in [9.17, 15) is 8.78 Å². The van der Waals surface area contributed by atoms with Crippen LogP contribution < -0.4 is 5.32 Å². The molecule has 100 valence electrons. The van der Waals surface area contributed by atoms with Gasteiger partial charge in [0.2, 0.25) is 0 Å². The summed E-state index contributed by atoms with van der Waals surface area (Å²) in [6, 6.07) is 5.00. The molecule has 3 unspecified atom stereocenters. The van der Waals surface area contributed by atoms with Crippen LogP contribution in [0.3, 0.4) is 0 Å². The van der Waals surface area contributed by atoms with E-state index in [0.717, 1.165) is 19.4 Å². The van der Waals surface area contributed by atoms with Crippen molar-refractivity contribution in [1.82, 2.24) is 5.32 Å². The molecule has 0 saturated heterocycles. The van der Waals surface area contributed by atoms with Gasteiger partial charge in [0.05, 0.1) is 0 Å². The molecule has 1 aromatic rings. The maximum Gasteiger partial charge on any atom is 0.162 e. The Morgan fingerprint density at radius 2 is 2.06 bits per heavy atom. The van der Waals surface area contributed by atoms with Crippen molar-refractivity contribution in [3.05, 3.63) is 35.4 Å². The van der Waals surface area contributed by atoms with Crippen molar-refractivity contribution in [3.63, 3.8) is 0 Å². The fourth-order valence-corrected chi connectivity index (χ4v) is 3.07. The summed E-state index contributed by atoms with van der Waals surface area (Å²) in [7, 11) is 0. The summed E-state index contributed by atoms with van der Waals surface area (Å²) in [5.74, 6) is -0.434. The molecule has 3 atom stereocenters. The predicted octanol–water partition coefficient (Wildman–Crippen LogP) is 3.53. The Morgan fingerprint density at radius 1 is 1.28 bits per heavy atom. The highest BCUT2D eigenvalue weighted by Gasteiger charge is 2.32. The van der Waals surface area contributed by atoms with Crippen molar-refractivity contribution in [2.24, 2.45) is 11.8 Å². The zero-order chi connectivity index (χ0) is 13.1. The Balaban J connectivity index is 2.04. The van der Waals surface area contributed by atoms with E-state index in [1.165, 1.54) is 6.07 Å². The van der Waals surface area contributed by atoms with E-state index >= 15 is 0 Å². The lowest BCUT2D eigenvalue weighted by atomic mass is 9.89. The van der Waals surface area contributed by atoms with Gasteiger partial charge in [0.1, 0.15) is 0 Å². The van der Waals surface area contributed by atoms with Crippen LogP contribution in [0.5, 0.6) is 0 Å². The summed E-state index contributed by atoms with van der Waals surface area (Å²) in [5, 5.41) is 3.47. The van der Waals surface area contributed by atoms with Crippen molar-refractivity contribution in [2.45, 2.75) is 39.2 Å². The molecule has 1 aliphatic rings. The first kappa shape index (κ1) is 13.5. The third-order valence-electron chi connectivity index (χ3n) is 4.21. The molecule has 1 fully saturated rings. The van der Waals surface area contributed by atoms with Crippen LogP contribution in [0.4, 0.5) is 8.78 Å². The van der Waals surface area contributed by atoms with E-state index in [4.69, 9.17) is 0 Å². The Bertz CT molecular complexity index is 405. The number of hydrogen-bond acceptors (Lipinski definition) is 1. The maximum atomic E-state index is 13.6. The summed E-state index contributed by atoms with van der Waals surface area (Å²) >= 11 is 0. The van der Waals surface area contributed by atoms with Crippen LogP contribution in [0.25, 0.3) is 0 Å². The Morgan fingerprint density at radius 3 is 2.78 bits per heavy atom. The molecule has 0 aliphatic heterocycles. The van der Waals surface area contributed by atoms with E-state index in [-0.39, 0.29) is 0 Å². The molecule has 0 aromatic heterocycles. The van der Waals surface area contributed by atoms with Crippen LogP contribution in [0, 0.1) is 23.5 Å². The van der Waals surface area contributed by atoms with Gasteiger partial charge >= 0.3 is 0 Å². The number of rotatable bonds is 4. The summed E-state index contributed by atoms with van der Waals surface area (Å²) in [4.78, 5) is 0. The average Bonchev–Trinajstić information content (AvgIpc) is 2.68. The normalized spacial score (nSPS) is 27.7. The number of nitrogens with one attached hydrogen (secondary N) is 1. The van der Waals surface area contributed by atoms with Gasteiger partial charge in [0, 0.05) is 6.04 Å². The highest BCUT2D eigenvalue weighted by atomic mass is 19.2. The molecule has 18 heavy (non-hydrogen) atoms. The largest absolute Gasteiger partial charge is 0.314 e. The number of halogens is 2. The second-order valence-electron chi connectivity index (χ2n) is 5.28. The Labute approximate surface area is 108 Å². The summed E-state index contributed by atoms with van der Waals surface area (Å²) in [5.41, 5.74) is 0.518. The molecule has 0 amide bonds. The van der Waals surface area contributed by atoms with Gasteiger partial charge < -0.3 is 5.32 Å². The molecule has 1 nitrogen and oxygen atoms in total. The van der Waals surface area contributed by atoms with Gasteiger partial charge in [0.25, 0.3) is 0 Å². The SMILES string of the molecule is CCNC1CCC(Cc2cccc(F)c2F)C1C.